The second-order valence-corrected chi connectivity index (χ2v) is 2.23. The van der Waals surface area contributed by atoms with Gasteiger partial charge in [-0.15, -0.1) is 6.58 Å². The van der Waals surface area contributed by atoms with Gasteiger partial charge in [-0.25, -0.2) is 0 Å². The molecule has 0 spiro atoms. The van der Waals surface area contributed by atoms with Crippen LogP contribution in [0.5, 0.6) is 0 Å². The lowest BCUT2D eigenvalue weighted by molar-refractivity contribution is -0.144. The van der Waals surface area contributed by atoms with E-state index in [-0.39, 0.29) is 5.92 Å². The first-order chi connectivity index (χ1) is 5.13. The zero-order valence-corrected chi connectivity index (χ0v) is 6.70. The van der Waals surface area contributed by atoms with Crippen molar-refractivity contribution < 1.29 is 14.7 Å². The first-order valence-corrected chi connectivity index (χ1v) is 3.27. The van der Waals surface area contributed by atoms with Crippen molar-refractivity contribution in [1.29, 1.82) is 0 Å². The van der Waals surface area contributed by atoms with Crippen LogP contribution in [0.3, 0.4) is 0 Å². The van der Waals surface area contributed by atoms with E-state index in [1.807, 2.05) is 0 Å². The Bertz CT molecular complexity index is 147. The lowest BCUT2D eigenvalue weighted by atomic mass is 10.0. The summed E-state index contributed by atoms with van der Waals surface area (Å²) in [6.45, 7) is 5.24. The highest BCUT2D eigenvalue weighted by Gasteiger charge is 2.21. The Hall–Kier alpha value is -0.870. The Morgan fingerprint density at radius 1 is 1.82 bits per heavy atom. The molecule has 0 fully saturated rings. The van der Waals surface area contributed by atoms with E-state index in [2.05, 4.69) is 16.9 Å². The molecule has 0 heterocycles. The Morgan fingerprint density at radius 3 is 2.64 bits per heavy atom. The van der Waals surface area contributed by atoms with E-state index in [1.165, 1.54) is 7.11 Å². The number of nitrogens with one attached hydrogen (secondary N) is 1. The summed E-state index contributed by atoms with van der Waals surface area (Å²) in [4.78, 5) is 15.0. The number of aliphatic carboxylic acids is 1. The van der Waals surface area contributed by atoms with Crippen molar-refractivity contribution in [2.24, 2.45) is 5.92 Å². The monoisotopic (exact) mass is 159 g/mol. The standard InChI is InChI=1S/C7H13NO3/c1-4-5(2)6(7(9)10)8-11-3/h4-6,8H,1H2,2-3H3,(H,9,10)/t5-,6-/m0/s1. The Morgan fingerprint density at radius 2 is 2.36 bits per heavy atom. The smallest absolute Gasteiger partial charge is 0.323 e. The number of hydrogen-bond donors (Lipinski definition) is 2. The molecular formula is C7H13NO3. The molecule has 0 amide bonds. The normalized spacial score (nSPS) is 15.5. The summed E-state index contributed by atoms with van der Waals surface area (Å²) in [7, 11) is 1.38. The summed E-state index contributed by atoms with van der Waals surface area (Å²) in [5.74, 6) is -1.10. The van der Waals surface area contributed by atoms with Crippen LogP contribution in [0.4, 0.5) is 0 Å². The molecule has 64 valence electrons. The van der Waals surface area contributed by atoms with Crippen LogP contribution in [-0.4, -0.2) is 24.2 Å². The molecule has 2 N–H and O–H groups in total. The van der Waals surface area contributed by atoms with Crippen molar-refractivity contribution in [2.45, 2.75) is 13.0 Å². The molecular weight excluding hydrogens is 146 g/mol. The largest absolute Gasteiger partial charge is 0.480 e. The molecule has 0 radical (unpaired) electrons. The molecule has 0 rings (SSSR count). The van der Waals surface area contributed by atoms with Gasteiger partial charge in [-0.3, -0.25) is 4.79 Å². The van der Waals surface area contributed by atoms with Crippen molar-refractivity contribution in [1.82, 2.24) is 5.48 Å². The van der Waals surface area contributed by atoms with E-state index in [9.17, 15) is 4.79 Å². The Kier molecular flexibility index (Phi) is 4.49. The number of carboxylic acid groups (broad SMARTS) is 1. The maximum atomic E-state index is 10.5. The molecule has 0 aromatic heterocycles. The topological polar surface area (TPSA) is 58.6 Å². The van der Waals surface area contributed by atoms with Gasteiger partial charge in [-0.1, -0.05) is 13.0 Å². The predicted molar refractivity (Wildman–Crippen MR) is 40.9 cm³/mol. The molecule has 4 nitrogen and oxygen atoms in total. The van der Waals surface area contributed by atoms with Crippen molar-refractivity contribution in [3.8, 4) is 0 Å². The van der Waals surface area contributed by atoms with Crippen LogP contribution in [-0.2, 0) is 9.63 Å². The van der Waals surface area contributed by atoms with Crippen LogP contribution in [0, 0.1) is 5.92 Å². The van der Waals surface area contributed by atoms with E-state index in [1.54, 1.807) is 13.0 Å². The molecule has 0 saturated carbocycles. The fraction of sp³-hybridized carbons (Fsp3) is 0.571. The third kappa shape index (κ3) is 3.15. The van der Waals surface area contributed by atoms with Crippen molar-refractivity contribution >= 4 is 5.97 Å². The first-order valence-electron chi connectivity index (χ1n) is 3.27. The molecule has 0 aliphatic carbocycles. The third-order valence-electron chi connectivity index (χ3n) is 1.41. The highest BCUT2D eigenvalue weighted by atomic mass is 16.6. The fourth-order valence-electron chi connectivity index (χ4n) is 0.646. The minimum absolute atomic E-state index is 0.160. The highest BCUT2D eigenvalue weighted by molar-refractivity contribution is 5.73. The molecule has 0 unspecified atom stereocenters. The number of carboxylic acids is 1. The SMILES string of the molecule is C=C[C@H](C)[C@H](NOC)C(=O)O. The van der Waals surface area contributed by atoms with Gasteiger partial charge in [0.15, 0.2) is 0 Å². The van der Waals surface area contributed by atoms with Gasteiger partial charge in [0.1, 0.15) is 6.04 Å². The van der Waals surface area contributed by atoms with E-state index in [0.29, 0.717) is 0 Å². The van der Waals surface area contributed by atoms with Gasteiger partial charge >= 0.3 is 5.97 Å². The maximum Gasteiger partial charge on any atom is 0.323 e. The Balaban J connectivity index is 4.08. The summed E-state index contributed by atoms with van der Waals surface area (Å²) in [5, 5.41) is 8.62. The highest BCUT2D eigenvalue weighted by Crippen LogP contribution is 2.03. The van der Waals surface area contributed by atoms with E-state index in [0.717, 1.165) is 0 Å². The molecule has 11 heavy (non-hydrogen) atoms. The van der Waals surface area contributed by atoms with Crippen LogP contribution in [0.2, 0.25) is 0 Å². The lowest BCUT2D eigenvalue weighted by Crippen LogP contribution is -2.40. The predicted octanol–water partition coefficient (Wildman–Crippen LogP) is 0.413. The molecule has 0 saturated heterocycles. The van der Waals surface area contributed by atoms with Crippen LogP contribution in [0.15, 0.2) is 12.7 Å². The maximum absolute atomic E-state index is 10.5. The Labute approximate surface area is 65.8 Å². The van der Waals surface area contributed by atoms with Crippen LogP contribution < -0.4 is 5.48 Å². The van der Waals surface area contributed by atoms with E-state index >= 15 is 0 Å². The number of carbonyl (C=O) groups is 1. The van der Waals surface area contributed by atoms with Crippen LogP contribution in [0.25, 0.3) is 0 Å². The molecule has 0 bridgehead atoms. The third-order valence-corrected chi connectivity index (χ3v) is 1.41. The average molecular weight is 159 g/mol. The summed E-state index contributed by atoms with van der Waals surface area (Å²) in [6, 6.07) is -0.725. The van der Waals surface area contributed by atoms with Gasteiger partial charge in [0.05, 0.1) is 7.11 Å². The van der Waals surface area contributed by atoms with Gasteiger partial charge < -0.3 is 9.94 Å². The summed E-state index contributed by atoms with van der Waals surface area (Å²) in [6.07, 6.45) is 1.56. The van der Waals surface area contributed by atoms with E-state index in [4.69, 9.17) is 5.11 Å². The zero-order chi connectivity index (χ0) is 8.85. The second kappa shape index (κ2) is 4.87. The molecule has 0 aromatic carbocycles. The number of rotatable bonds is 5. The van der Waals surface area contributed by atoms with Crippen molar-refractivity contribution in [3.63, 3.8) is 0 Å². The van der Waals surface area contributed by atoms with Gasteiger partial charge in [-0.05, 0) is 0 Å². The quantitative estimate of drug-likeness (QED) is 0.450. The van der Waals surface area contributed by atoms with Gasteiger partial charge in [0.25, 0.3) is 0 Å². The first kappa shape index (κ1) is 10.1. The summed E-state index contributed by atoms with van der Waals surface area (Å²) in [5.41, 5.74) is 2.36. The van der Waals surface area contributed by atoms with E-state index < -0.39 is 12.0 Å². The minimum Gasteiger partial charge on any atom is -0.480 e. The molecule has 0 aliphatic heterocycles. The van der Waals surface area contributed by atoms with Gasteiger partial charge in [0, 0.05) is 5.92 Å². The van der Waals surface area contributed by atoms with Crippen LogP contribution in [0.1, 0.15) is 6.92 Å². The molecule has 0 aliphatic rings. The second-order valence-electron chi connectivity index (χ2n) is 2.23. The average Bonchev–Trinajstić information content (AvgIpc) is 1.98. The van der Waals surface area contributed by atoms with Gasteiger partial charge in [0.2, 0.25) is 0 Å². The molecule has 0 aromatic rings. The number of hydroxylamine groups is 1. The fourth-order valence-corrected chi connectivity index (χ4v) is 0.646. The number of hydrogen-bond acceptors (Lipinski definition) is 3. The van der Waals surface area contributed by atoms with Crippen LogP contribution >= 0.6 is 0 Å². The summed E-state index contributed by atoms with van der Waals surface area (Å²) < 4.78 is 0. The van der Waals surface area contributed by atoms with Crippen molar-refractivity contribution in [3.05, 3.63) is 12.7 Å². The van der Waals surface area contributed by atoms with Gasteiger partial charge in [-0.2, -0.15) is 5.48 Å². The van der Waals surface area contributed by atoms with Crippen molar-refractivity contribution in [2.75, 3.05) is 7.11 Å². The summed E-state index contributed by atoms with van der Waals surface area (Å²) >= 11 is 0. The molecule has 2 atom stereocenters. The zero-order valence-electron chi connectivity index (χ0n) is 6.70. The lowest BCUT2D eigenvalue weighted by Gasteiger charge is -2.16. The molecule has 4 heteroatoms. The minimum atomic E-state index is -0.945.